The van der Waals surface area contributed by atoms with Crippen molar-refractivity contribution in [3.05, 3.63) is 0 Å². The van der Waals surface area contributed by atoms with Crippen LogP contribution in [0, 0.1) is 5.92 Å². The molecule has 21 heavy (non-hydrogen) atoms. The van der Waals surface area contributed by atoms with Gasteiger partial charge in [-0.05, 0) is 26.2 Å². The minimum atomic E-state index is -1.14. The van der Waals surface area contributed by atoms with E-state index in [1.54, 1.807) is 0 Å². The average Bonchev–Trinajstić information content (AvgIpc) is 2.50. The van der Waals surface area contributed by atoms with Gasteiger partial charge in [0.25, 0.3) is 5.91 Å². The number of carboxylic acid groups (broad SMARTS) is 1. The highest BCUT2D eigenvalue weighted by atomic mass is 16.4. The lowest BCUT2D eigenvalue weighted by Crippen LogP contribution is -2.48. The minimum Gasteiger partial charge on any atom is -0.480 e. The molecule has 1 aliphatic rings. The Bertz CT molecular complexity index is 472. The molecule has 4 amide bonds. The number of nitrogens with zero attached hydrogens (tertiary/aromatic N) is 1. The lowest BCUT2D eigenvalue weighted by Gasteiger charge is -2.19. The largest absolute Gasteiger partial charge is 0.480 e. The first-order chi connectivity index (χ1) is 9.54. The third kappa shape index (κ3) is 4.17. The van der Waals surface area contributed by atoms with Gasteiger partial charge in [-0.15, -0.1) is 0 Å². The molecule has 1 aliphatic heterocycles. The predicted octanol–water partition coefficient (Wildman–Crippen LogP) is -0.0677. The van der Waals surface area contributed by atoms with Crippen molar-refractivity contribution in [1.82, 2.24) is 15.5 Å². The Morgan fingerprint density at radius 2 is 1.90 bits per heavy atom. The van der Waals surface area contributed by atoms with Gasteiger partial charge in [0.05, 0.1) is 0 Å². The van der Waals surface area contributed by atoms with Gasteiger partial charge in [0.1, 0.15) is 18.1 Å². The summed E-state index contributed by atoms with van der Waals surface area (Å²) in [5.41, 5.74) is -1.05. The van der Waals surface area contributed by atoms with Gasteiger partial charge in [0.2, 0.25) is 5.91 Å². The molecule has 8 nitrogen and oxygen atoms in total. The van der Waals surface area contributed by atoms with Crippen LogP contribution in [0.25, 0.3) is 0 Å². The van der Waals surface area contributed by atoms with Gasteiger partial charge in [-0.1, -0.05) is 13.8 Å². The van der Waals surface area contributed by atoms with E-state index in [-0.39, 0.29) is 12.3 Å². The van der Waals surface area contributed by atoms with Crippen molar-refractivity contribution in [2.75, 3.05) is 6.54 Å². The van der Waals surface area contributed by atoms with Crippen LogP contribution in [0.4, 0.5) is 4.79 Å². The van der Waals surface area contributed by atoms with Crippen molar-refractivity contribution in [3.8, 4) is 0 Å². The number of aliphatic carboxylic acids is 1. The highest BCUT2D eigenvalue weighted by Gasteiger charge is 2.45. The van der Waals surface area contributed by atoms with Gasteiger partial charge in [0.15, 0.2) is 0 Å². The van der Waals surface area contributed by atoms with Crippen molar-refractivity contribution in [3.63, 3.8) is 0 Å². The van der Waals surface area contributed by atoms with E-state index < -0.39 is 41.9 Å². The summed E-state index contributed by atoms with van der Waals surface area (Å²) in [6.45, 7) is 6.24. The molecule has 1 fully saturated rings. The summed E-state index contributed by atoms with van der Waals surface area (Å²) >= 11 is 0. The first kappa shape index (κ1) is 16.9. The number of carboxylic acids is 1. The van der Waals surface area contributed by atoms with Crippen molar-refractivity contribution in [1.29, 1.82) is 0 Å². The van der Waals surface area contributed by atoms with Crippen molar-refractivity contribution in [2.24, 2.45) is 5.92 Å². The first-order valence-electron chi connectivity index (χ1n) is 6.71. The standard InChI is InChI=1S/C13H21N3O5/c1-7(2)5-8(10(18)19)14-9(17)6-16-11(20)13(3,4)15-12(16)21/h7-8H,5-6H2,1-4H3,(H,14,17)(H,15,21)(H,18,19). The average molecular weight is 299 g/mol. The van der Waals surface area contributed by atoms with E-state index in [4.69, 9.17) is 5.11 Å². The van der Waals surface area contributed by atoms with Crippen LogP contribution < -0.4 is 10.6 Å². The van der Waals surface area contributed by atoms with Gasteiger partial charge in [-0.25, -0.2) is 9.59 Å². The van der Waals surface area contributed by atoms with Crippen LogP contribution in [0.15, 0.2) is 0 Å². The molecule has 0 saturated carbocycles. The number of nitrogens with one attached hydrogen (secondary N) is 2. The molecule has 0 aromatic rings. The number of hydrogen-bond acceptors (Lipinski definition) is 4. The number of urea groups is 1. The van der Waals surface area contributed by atoms with Crippen LogP contribution in [-0.4, -0.2) is 51.9 Å². The molecule has 0 aliphatic carbocycles. The lowest BCUT2D eigenvalue weighted by molar-refractivity contribution is -0.142. The van der Waals surface area contributed by atoms with E-state index in [9.17, 15) is 19.2 Å². The van der Waals surface area contributed by atoms with Gasteiger partial charge in [-0.2, -0.15) is 0 Å². The Kier molecular flexibility index (Phi) is 4.93. The normalized spacial score (nSPS) is 18.6. The van der Waals surface area contributed by atoms with Crippen LogP contribution in [0.5, 0.6) is 0 Å². The summed E-state index contributed by atoms with van der Waals surface area (Å²) in [6.07, 6.45) is 0.271. The number of amides is 4. The Labute approximate surface area is 122 Å². The molecule has 1 heterocycles. The fourth-order valence-electron chi connectivity index (χ4n) is 2.04. The quantitative estimate of drug-likeness (QED) is 0.594. The molecule has 0 spiro atoms. The Hall–Kier alpha value is -2.12. The third-order valence-corrected chi connectivity index (χ3v) is 3.09. The molecule has 118 valence electrons. The summed E-state index contributed by atoms with van der Waals surface area (Å²) in [5.74, 6) is -2.25. The van der Waals surface area contributed by atoms with Crippen LogP contribution in [0.1, 0.15) is 34.1 Å². The Balaban J connectivity index is 2.67. The molecule has 1 unspecified atom stereocenters. The molecule has 0 aromatic heterocycles. The number of imide groups is 1. The maximum Gasteiger partial charge on any atom is 0.326 e. The molecule has 8 heteroatoms. The predicted molar refractivity (Wildman–Crippen MR) is 73.3 cm³/mol. The SMILES string of the molecule is CC(C)CC(NC(=O)CN1C(=O)NC(C)(C)C1=O)C(=O)O. The van der Waals surface area contributed by atoms with Gasteiger partial charge in [-0.3, -0.25) is 14.5 Å². The van der Waals surface area contributed by atoms with Gasteiger partial charge >= 0.3 is 12.0 Å². The maximum absolute atomic E-state index is 11.9. The molecule has 3 N–H and O–H groups in total. The maximum atomic E-state index is 11.9. The number of rotatable bonds is 6. The molecule has 0 aromatic carbocycles. The zero-order valence-electron chi connectivity index (χ0n) is 12.6. The van der Waals surface area contributed by atoms with Crippen molar-refractivity contribution >= 4 is 23.8 Å². The Morgan fingerprint density at radius 3 is 2.29 bits per heavy atom. The lowest BCUT2D eigenvalue weighted by atomic mass is 10.0. The van der Waals surface area contributed by atoms with Crippen molar-refractivity contribution < 1.29 is 24.3 Å². The van der Waals surface area contributed by atoms with Crippen LogP contribution >= 0.6 is 0 Å². The molecule has 0 radical (unpaired) electrons. The molecule has 1 saturated heterocycles. The monoisotopic (exact) mass is 299 g/mol. The van der Waals surface area contributed by atoms with Gasteiger partial charge in [0, 0.05) is 0 Å². The van der Waals surface area contributed by atoms with Crippen LogP contribution in [0.3, 0.4) is 0 Å². The van der Waals surface area contributed by atoms with Crippen LogP contribution in [0.2, 0.25) is 0 Å². The van der Waals surface area contributed by atoms with E-state index in [2.05, 4.69) is 10.6 Å². The number of hydrogen-bond donors (Lipinski definition) is 3. The second-order valence-electron chi connectivity index (χ2n) is 6.03. The number of carbonyl (C=O) groups is 4. The first-order valence-corrected chi connectivity index (χ1v) is 6.71. The highest BCUT2D eigenvalue weighted by molar-refractivity contribution is 6.08. The second-order valence-corrected chi connectivity index (χ2v) is 6.03. The van der Waals surface area contributed by atoms with E-state index in [1.807, 2.05) is 13.8 Å². The smallest absolute Gasteiger partial charge is 0.326 e. The minimum absolute atomic E-state index is 0.0852. The summed E-state index contributed by atoms with van der Waals surface area (Å²) in [4.78, 5) is 47.2. The van der Waals surface area contributed by atoms with E-state index in [1.165, 1.54) is 13.8 Å². The summed E-state index contributed by atoms with van der Waals surface area (Å²) < 4.78 is 0. The van der Waals surface area contributed by atoms with E-state index in [0.717, 1.165) is 4.90 Å². The molecular formula is C13H21N3O5. The molecule has 1 rings (SSSR count). The highest BCUT2D eigenvalue weighted by Crippen LogP contribution is 2.16. The van der Waals surface area contributed by atoms with E-state index >= 15 is 0 Å². The van der Waals surface area contributed by atoms with Gasteiger partial charge < -0.3 is 15.7 Å². The van der Waals surface area contributed by atoms with Crippen LogP contribution in [-0.2, 0) is 14.4 Å². The fourth-order valence-corrected chi connectivity index (χ4v) is 2.04. The number of carbonyl (C=O) groups excluding carboxylic acids is 3. The summed E-state index contributed by atoms with van der Waals surface area (Å²) in [5, 5.41) is 13.8. The molecular weight excluding hydrogens is 278 g/mol. The topological polar surface area (TPSA) is 116 Å². The molecule has 0 bridgehead atoms. The van der Waals surface area contributed by atoms with Crippen molar-refractivity contribution in [2.45, 2.75) is 45.7 Å². The summed E-state index contributed by atoms with van der Waals surface area (Å²) in [7, 11) is 0. The van der Waals surface area contributed by atoms with E-state index in [0.29, 0.717) is 0 Å². The Morgan fingerprint density at radius 1 is 1.33 bits per heavy atom. The molecule has 1 atom stereocenters. The summed E-state index contributed by atoms with van der Waals surface area (Å²) in [6, 6.07) is -1.69. The zero-order chi connectivity index (χ0) is 16.4. The zero-order valence-corrected chi connectivity index (χ0v) is 12.6. The fraction of sp³-hybridized carbons (Fsp3) is 0.692. The second kappa shape index (κ2) is 6.11. The third-order valence-electron chi connectivity index (χ3n) is 3.09.